The van der Waals surface area contributed by atoms with Crippen molar-refractivity contribution in [2.24, 2.45) is 7.05 Å². The Bertz CT molecular complexity index is 716. The van der Waals surface area contributed by atoms with Crippen molar-refractivity contribution in [3.05, 3.63) is 18.2 Å². The first-order chi connectivity index (χ1) is 9.13. The number of rotatable bonds is 2. The minimum Gasteiger partial charge on any atom is -0.493 e. The highest BCUT2D eigenvalue weighted by Crippen LogP contribution is 2.33. The van der Waals surface area contributed by atoms with Crippen LogP contribution >= 0.6 is 0 Å². The van der Waals surface area contributed by atoms with E-state index in [0.717, 1.165) is 21.9 Å². The first-order valence-corrected chi connectivity index (χ1v) is 5.79. The average molecular weight is 258 g/mol. The van der Waals surface area contributed by atoms with Gasteiger partial charge in [-0.2, -0.15) is 5.10 Å². The second-order valence-corrected chi connectivity index (χ2v) is 4.27. The minimum absolute atomic E-state index is 0.474. The molecule has 0 unspecified atom stereocenters. The maximum atomic E-state index is 5.87. The van der Waals surface area contributed by atoms with Gasteiger partial charge in [0.05, 0.1) is 25.1 Å². The maximum absolute atomic E-state index is 5.87. The summed E-state index contributed by atoms with van der Waals surface area (Å²) in [5, 5.41) is 5.94. The largest absolute Gasteiger partial charge is 0.493 e. The number of methoxy groups -OCH3 is 2. The monoisotopic (exact) mass is 258 g/mol. The molecule has 0 saturated heterocycles. The molecule has 0 spiro atoms. The van der Waals surface area contributed by atoms with Crippen LogP contribution in [0.5, 0.6) is 11.5 Å². The Morgan fingerprint density at radius 3 is 2.47 bits per heavy atom. The van der Waals surface area contributed by atoms with E-state index in [2.05, 4.69) is 10.1 Å². The summed E-state index contributed by atoms with van der Waals surface area (Å²) in [6.07, 6.45) is 0. The standard InChI is InChI=1S/C13H14N4O2/c1-17-13-8(12(14)16-17)4-7-5-10(18-2)11(19-3)6-9(7)15-13/h4-6H,1-3H3,(H2,14,16). The lowest BCUT2D eigenvalue weighted by Crippen LogP contribution is -1.94. The van der Waals surface area contributed by atoms with E-state index < -0.39 is 0 Å². The van der Waals surface area contributed by atoms with Crippen molar-refractivity contribution in [1.82, 2.24) is 14.8 Å². The average Bonchev–Trinajstić information content (AvgIpc) is 2.69. The summed E-state index contributed by atoms with van der Waals surface area (Å²) in [4.78, 5) is 4.57. The Morgan fingerprint density at radius 2 is 1.79 bits per heavy atom. The van der Waals surface area contributed by atoms with Gasteiger partial charge in [0.2, 0.25) is 0 Å². The van der Waals surface area contributed by atoms with Crippen molar-refractivity contribution in [2.45, 2.75) is 0 Å². The molecule has 98 valence electrons. The normalized spacial score (nSPS) is 11.1. The Hall–Kier alpha value is -2.50. The fraction of sp³-hybridized carbons (Fsp3) is 0.231. The van der Waals surface area contributed by atoms with E-state index in [1.54, 1.807) is 18.9 Å². The van der Waals surface area contributed by atoms with Gasteiger partial charge in [0, 0.05) is 18.5 Å². The summed E-state index contributed by atoms with van der Waals surface area (Å²) >= 11 is 0. The molecule has 0 amide bonds. The van der Waals surface area contributed by atoms with Crippen LogP contribution in [0.2, 0.25) is 0 Å². The van der Waals surface area contributed by atoms with E-state index >= 15 is 0 Å². The van der Waals surface area contributed by atoms with Gasteiger partial charge in [0.1, 0.15) is 0 Å². The molecule has 3 rings (SSSR count). The van der Waals surface area contributed by atoms with E-state index in [0.29, 0.717) is 17.3 Å². The van der Waals surface area contributed by atoms with E-state index in [1.807, 2.05) is 25.2 Å². The summed E-state index contributed by atoms with van der Waals surface area (Å²) in [7, 11) is 5.02. The molecule has 0 radical (unpaired) electrons. The molecule has 0 aliphatic heterocycles. The topological polar surface area (TPSA) is 75.2 Å². The lowest BCUT2D eigenvalue weighted by Gasteiger charge is -2.08. The van der Waals surface area contributed by atoms with Crippen LogP contribution in [0.15, 0.2) is 18.2 Å². The van der Waals surface area contributed by atoms with Crippen LogP contribution in [0.1, 0.15) is 0 Å². The Morgan fingerprint density at radius 1 is 1.11 bits per heavy atom. The number of benzene rings is 1. The van der Waals surface area contributed by atoms with E-state index in [-0.39, 0.29) is 0 Å². The fourth-order valence-corrected chi connectivity index (χ4v) is 2.19. The van der Waals surface area contributed by atoms with Crippen molar-refractivity contribution in [1.29, 1.82) is 0 Å². The van der Waals surface area contributed by atoms with Crippen LogP contribution in [0.3, 0.4) is 0 Å². The predicted molar refractivity (Wildman–Crippen MR) is 73.5 cm³/mol. The number of anilines is 1. The number of hydrogen-bond donors (Lipinski definition) is 1. The fourth-order valence-electron chi connectivity index (χ4n) is 2.19. The zero-order valence-electron chi connectivity index (χ0n) is 11.0. The number of nitrogens with two attached hydrogens (primary N) is 1. The third-order valence-corrected chi connectivity index (χ3v) is 3.14. The van der Waals surface area contributed by atoms with Crippen molar-refractivity contribution in [3.63, 3.8) is 0 Å². The molecular formula is C13H14N4O2. The smallest absolute Gasteiger partial charge is 0.162 e. The van der Waals surface area contributed by atoms with Crippen LogP contribution in [-0.4, -0.2) is 29.0 Å². The molecule has 0 aliphatic carbocycles. The summed E-state index contributed by atoms with van der Waals surface area (Å²) in [5.74, 6) is 1.79. The van der Waals surface area contributed by atoms with Crippen LogP contribution in [-0.2, 0) is 7.05 Å². The van der Waals surface area contributed by atoms with Crippen molar-refractivity contribution >= 4 is 27.8 Å². The number of ether oxygens (including phenoxy) is 2. The Balaban J connectivity index is 2.39. The van der Waals surface area contributed by atoms with Crippen LogP contribution in [0.25, 0.3) is 21.9 Å². The quantitative estimate of drug-likeness (QED) is 0.757. The zero-order valence-corrected chi connectivity index (χ0v) is 11.0. The molecule has 0 aliphatic rings. The molecule has 2 N–H and O–H groups in total. The molecule has 1 aromatic carbocycles. The number of hydrogen-bond acceptors (Lipinski definition) is 5. The summed E-state index contributed by atoms with van der Waals surface area (Å²) in [6.45, 7) is 0. The van der Waals surface area contributed by atoms with Gasteiger partial charge in [-0.3, -0.25) is 0 Å². The third-order valence-electron chi connectivity index (χ3n) is 3.14. The molecule has 6 nitrogen and oxygen atoms in total. The van der Waals surface area contributed by atoms with E-state index in [1.165, 1.54) is 0 Å². The zero-order chi connectivity index (χ0) is 13.6. The number of aryl methyl sites for hydroxylation is 1. The van der Waals surface area contributed by atoms with Crippen LogP contribution < -0.4 is 15.2 Å². The predicted octanol–water partition coefficient (Wildman–Crippen LogP) is 1.72. The van der Waals surface area contributed by atoms with E-state index in [9.17, 15) is 0 Å². The van der Waals surface area contributed by atoms with Gasteiger partial charge in [0.15, 0.2) is 23.0 Å². The molecule has 2 heterocycles. The van der Waals surface area contributed by atoms with Crippen LogP contribution in [0.4, 0.5) is 5.82 Å². The lowest BCUT2D eigenvalue weighted by molar-refractivity contribution is 0.356. The highest BCUT2D eigenvalue weighted by molar-refractivity contribution is 5.97. The number of aromatic nitrogens is 3. The molecule has 0 atom stereocenters. The Kier molecular flexibility index (Phi) is 2.45. The van der Waals surface area contributed by atoms with Gasteiger partial charge in [-0.25, -0.2) is 9.67 Å². The molecule has 0 bridgehead atoms. The van der Waals surface area contributed by atoms with Gasteiger partial charge >= 0.3 is 0 Å². The SMILES string of the molecule is COc1cc2cc3c(N)nn(C)c3nc2cc1OC. The molecule has 0 fully saturated rings. The highest BCUT2D eigenvalue weighted by atomic mass is 16.5. The number of nitrogen functional groups attached to an aromatic ring is 1. The van der Waals surface area contributed by atoms with Gasteiger partial charge in [-0.1, -0.05) is 0 Å². The number of pyridine rings is 1. The molecular weight excluding hydrogens is 244 g/mol. The maximum Gasteiger partial charge on any atom is 0.162 e. The van der Waals surface area contributed by atoms with Crippen molar-refractivity contribution < 1.29 is 9.47 Å². The highest BCUT2D eigenvalue weighted by Gasteiger charge is 2.12. The van der Waals surface area contributed by atoms with Gasteiger partial charge in [0.25, 0.3) is 0 Å². The van der Waals surface area contributed by atoms with Crippen molar-refractivity contribution in [3.8, 4) is 11.5 Å². The lowest BCUT2D eigenvalue weighted by atomic mass is 10.1. The second kappa shape index (κ2) is 4.01. The van der Waals surface area contributed by atoms with Gasteiger partial charge in [-0.05, 0) is 12.1 Å². The molecule has 6 heteroatoms. The Labute approximate surface area is 109 Å². The molecule has 19 heavy (non-hydrogen) atoms. The molecule has 3 aromatic rings. The van der Waals surface area contributed by atoms with Gasteiger partial charge < -0.3 is 15.2 Å². The third kappa shape index (κ3) is 1.64. The first kappa shape index (κ1) is 11.6. The minimum atomic E-state index is 0.474. The summed E-state index contributed by atoms with van der Waals surface area (Å²) in [6, 6.07) is 5.69. The number of nitrogens with zero attached hydrogens (tertiary/aromatic N) is 3. The van der Waals surface area contributed by atoms with E-state index in [4.69, 9.17) is 15.2 Å². The summed E-state index contributed by atoms with van der Waals surface area (Å²) in [5.41, 5.74) is 7.43. The first-order valence-electron chi connectivity index (χ1n) is 5.79. The molecule has 2 aromatic heterocycles. The summed E-state index contributed by atoms with van der Waals surface area (Å²) < 4.78 is 12.2. The van der Waals surface area contributed by atoms with Gasteiger partial charge in [-0.15, -0.1) is 0 Å². The van der Waals surface area contributed by atoms with Crippen LogP contribution in [0, 0.1) is 0 Å². The second-order valence-electron chi connectivity index (χ2n) is 4.27. The molecule has 0 saturated carbocycles. The van der Waals surface area contributed by atoms with Crippen molar-refractivity contribution in [2.75, 3.05) is 20.0 Å². The number of fused-ring (bicyclic) bond motifs is 2.